The average molecular weight is 1240 g/mol. The Balaban J connectivity index is 0.912. The fourth-order valence-electron chi connectivity index (χ4n) is 8.60. The van der Waals surface area contributed by atoms with Crippen LogP contribution in [0.25, 0.3) is 33.7 Å². The Kier molecular flexibility index (Phi) is 27.7. The summed E-state index contributed by atoms with van der Waals surface area (Å²) in [6.07, 6.45) is 2.41. The van der Waals surface area contributed by atoms with E-state index in [2.05, 4.69) is 56.8 Å². The van der Waals surface area contributed by atoms with E-state index in [4.69, 9.17) is 39.9 Å². The molecule has 1 aliphatic rings. The summed E-state index contributed by atoms with van der Waals surface area (Å²) in [6.45, 7) is 7.09. The maximum Gasteiger partial charge on any atom is 0.407 e. The minimum Gasteiger partial charge on any atom is -0.481 e. The third-order valence-corrected chi connectivity index (χ3v) is 13.2. The number of imidazole rings is 1. The average Bonchev–Trinajstić information content (AvgIpc) is 2.73. The summed E-state index contributed by atoms with van der Waals surface area (Å²) in [4.78, 5) is 136. The minimum atomic E-state index is -1.36. The number of fused-ring (bicyclic) bond motifs is 1. The molecular weight excluding hydrogens is 1160 g/mol. The molecule has 6 rings (SSSR count). The molecule has 4 heterocycles. The fourth-order valence-corrected chi connectivity index (χ4v) is 8.60. The molecule has 9 amide bonds. The number of rotatable bonds is 39. The number of carboxylic acids is 1. The number of aliphatic carboxylic acids is 1. The third kappa shape index (κ3) is 23.3. The van der Waals surface area contributed by atoms with Crippen molar-refractivity contribution in [2.75, 3.05) is 84.4 Å². The number of amides is 9. The number of nitrogens with zero attached hydrogens (tertiary/aromatic N) is 5. The quantitative estimate of drug-likeness (QED) is 0.0198. The van der Waals surface area contributed by atoms with Gasteiger partial charge in [-0.25, -0.2) is 24.5 Å². The molecule has 1 unspecified atom stereocenters. The van der Waals surface area contributed by atoms with E-state index in [1.54, 1.807) is 38.1 Å². The van der Waals surface area contributed by atoms with Gasteiger partial charge in [0.25, 0.3) is 11.8 Å². The van der Waals surface area contributed by atoms with Crippen molar-refractivity contribution in [3.05, 3.63) is 96.1 Å². The van der Waals surface area contributed by atoms with E-state index in [0.29, 0.717) is 39.5 Å². The summed E-state index contributed by atoms with van der Waals surface area (Å²) in [5.41, 5.74) is 16.9. The van der Waals surface area contributed by atoms with Crippen molar-refractivity contribution in [1.29, 1.82) is 0 Å². The molecule has 0 saturated heterocycles. The Morgan fingerprint density at radius 2 is 1.39 bits per heavy atom. The van der Waals surface area contributed by atoms with Gasteiger partial charge < -0.3 is 81.9 Å². The van der Waals surface area contributed by atoms with Crippen molar-refractivity contribution in [2.45, 2.75) is 84.2 Å². The molecule has 0 fully saturated rings. The number of ether oxygens (including phenoxy) is 6. The maximum absolute atomic E-state index is 13.9. The molecule has 3 atom stereocenters. The Morgan fingerprint density at radius 1 is 0.708 bits per heavy atom. The van der Waals surface area contributed by atoms with Crippen LogP contribution < -0.4 is 48.1 Å². The number of carbonyl (C=O) groups is 9. The lowest BCUT2D eigenvalue weighted by atomic mass is 10.0. The number of carboxylic acid groups (broad SMARTS) is 1. The first-order valence-corrected chi connectivity index (χ1v) is 28.8. The number of hydrogen-bond donors (Lipinski definition) is 10. The standard InChI is InChI=1S/C59H76N14O16/c1-36(2)52(72-56(80)44(15-18-51(77)78)67-47(74)19-23-84-26-28-86-30-31-87-29-27-85-25-22-73-49(75)16-17-50(73)76)57(81)69-43(8-5-20-62-58(61)82)55(79)66-40-12-9-38(10-13-40)35-89-59(83)63-21-24-88-48-34-64-41-14-11-39(32-45(41)68-48)53-54(71-46(33-60)70-53)42-7-4-6-37(3)65-42/h4,6-7,9-14,16-17,32,34,36,43-44,52H,5,8,15,18-31,33,35,60H2,1-3H3,(H,63,83)(H,66,79)(H,67,74)(H,69,81)(H,70,71)(H,72,80)(H,77,78)(H3,61,62,82)/t43-,44?,52-/m0/s1. The molecule has 89 heavy (non-hydrogen) atoms. The van der Waals surface area contributed by atoms with E-state index in [1.807, 2.05) is 43.3 Å². The van der Waals surface area contributed by atoms with Crippen molar-refractivity contribution in [1.82, 2.24) is 56.4 Å². The van der Waals surface area contributed by atoms with Gasteiger partial charge in [-0.05, 0) is 74.1 Å². The number of hydrogen-bond acceptors (Lipinski definition) is 20. The lowest BCUT2D eigenvalue weighted by Gasteiger charge is -2.27. The Bertz CT molecular complexity index is 3230. The van der Waals surface area contributed by atoms with Crippen LogP contribution in [-0.4, -0.2) is 186 Å². The number of pyridine rings is 1. The molecular formula is C59H76N14O16. The van der Waals surface area contributed by atoms with Crippen LogP contribution >= 0.6 is 0 Å². The van der Waals surface area contributed by atoms with Gasteiger partial charge in [-0.15, -0.1) is 0 Å². The van der Waals surface area contributed by atoms with Crippen molar-refractivity contribution >= 4 is 70.3 Å². The van der Waals surface area contributed by atoms with Gasteiger partial charge in [0.2, 0.25) is 29.5 Å². The summed E-state index contributed by atoms with van der Waals surface area (Å²) >= 11 is 0. The third-order valence-electron chi connectivity index (χ3n) is 13.2. The SMILES string of the molecule is Cc1cccc(-c2nc(CN)[nH]c2-c2ccc3ncc(OCCNC(=O)OCc4ccc(NC(=O)[C@H](CCCNC(N)=O)NC(=O)[C@@H](NC(=O)C(CCC(=O)O)NC(=O)CCOCCOCCOCCOCCN5C(=O)C=CC5=O)C(C)C)cc4)nc3c2)n1. The number of aryl methyl sites for hydroxylation is 1. The number of anilines is 1. The molecule has 12 N–H and O–H groups in total. The van der Waals surface area contributed by atoms with Crippen LogP contribution in [0.2, 0.25) is 0 Å². The second kappa shape index (κ2) is 36.0. The number of nitrogens with one attached hydrogen (secondary N) is 7. The number of aromatic nitrogens is 5. The van der Waals surface area contributed by atoms with Crippen LogP contribution in [-0.2, 0) is 70.4 Å². The lowest BCUT2D eigenvalue weighted by Crippen LogP contribution is -2.58. The molecule has 30 nitrogen and oxygen atoms in total. The minimum absolute atomic E-state index is 0.0165. The summed E-state index contributed by atoms with van der Waals surface area (Å²) in [7, 11) is 0. The van der Waals surface area contributed by atoms with Crippen LogP contribution in [0.5, 0.6) is 5.88 Å². The highest BCUT2D eigenvalue weighted by molar-refractivity contribution is 6.12. The van der Waals surface area contributed by atoms with Crippen molar-refractivity contribution in [3.63, 3.8) is 0 Å². The number of urea groups is 1. The number of nitrogens with two attached hydrogens (primary N) is 2. The zero-order valence-corrected chi connectivity index (χ0v) is 49.7. The van der Waals surface area contributed by atoms with Crippen LogP contribution in [0.3, 0.4) is 0 Å². The van der Waals surface area contributed by atoms with E-state index in [1.165, 1.54) is 18.3 Å². The van der Waals surface area contributed by atoms with E-state index in [0.717, 1.165) is 21.9 Å². The summed E-state index contributed by atoms with van der Waals surface area (Å²) in [5, 5.41) is 25.0. The molecule has 2 aromatic carbocycles. The summed E-state index contributed by atoms with van der Waals surface area (Å²) < 4.78 is 32.9. The van der Waals surface area contributed by atoms with Gasteiger partial charge in [0.1, 0.15) is 42.9 Å². The first kappa shape index (κ1) is 68.6. The van der Waals surface area contributed by atoms with Gasteiger partial charge in [0.15, 0.2) is 0 Å². The van der Waals surface area contributed by atoms with E-state index >= 15 is 0 Å². The van der Waals surface area contributed by atoms with Gasteiger partial charge in [-0.1, -0.05) is 38.1 Å². The maximum atomic E-state index is 13.9. The zero-order valence-electron chi connectivity index (χ0n) is 49.7. The summed E-state index contributed by atoms with van der Waals surface area (Å²) in [5.74, 6) is -4.57. The molecule has 0 bridgehead atoms. The number of aromatic amines is 1. The van der Waals surface area contributed by atoms with Gasteiger partial charge in [0, 0.05) is 48.5 Å². The molecule has 1 aliphatic heterocycles. The molecule has 478 valence electrons. The Labute approximate surface area is 512 Å². The molecule has 0 spiro atoms. The van der Waals surface area contributed by atoms with Crippen molar-refractivity contribution < 1.29 is 76.7 Å². The fraction of sp³-hybridized carbons (Fsp3) is 0.441. The van der Waals surface area contributed by atoms with Gasteiger partial charge in [-0.2, -0.15) is 0 Å². The Morgan fingerprint density at radius 3 is 2.06 bits per heavy atom. The number of imide groups is 1. The highest BCUT2D eigenvalue weighted by atomic mass is 16.6. The normalized spacial score (nSPS) is 13.0. The molecule has 0 aliphatic carbocycles. The van der Waals surface area contributed by atoms with Crippen LogP contribution in [0.15, 0.2) is 79.0 Å². The van der Waals surface area contributed by atoms with Crippen LogP contribution in [0, 0.1) is 12.8 Å². The van der Waals surface area contributed by atoms with Crippen molar-refractivity contribution in [2.24, 2.45) is 17.4 Å². The second-order valence-electron chi connectivity index (χ2n) is 20.4. The predicted molar refractivity (Wildman–Crippen MR) is 320 cm³/mol. The number of primary amides is 1. The van der Waals surface area contributed by atoms with E-state index in [-0.39, 0.29) is 136 Å². The summed E-state index contributed by atoms with van der Waals surface area (Å²) in [6, 6.07) is 13.0. The Hall–Kier alpha value is -9.49. The smallest absolute Gasteiger partial charge is 0.407 e. The van der Waals surface area contributed by atoms with E-state index in [9.17, 15) is 48.3 Å². The molecule has 0 radical (unpaired) electrons. The monoisotopic (exact) mass is 1240 g/mol. The lowest BCUT2D eigenvalue weighted by molar-refractivity contribution is -0.139. The second-order valence-corrected chi connectivity index (χ2v) is 20.4. The number of alkyl carbamates (subject to hydrolysis) is 1. The largest absolute Gasteiger partial charge is 0.481 e. The molecule has 30 heteroatoms. The van der Waals surface area contributed by atoms with Crippen molar-refractivity contribution in [3.8, 4) is 28.5 Å². The first-order valence-electron chi connectivity index (χ1n) is 28.8. The molecule has 5 aromatic rings. The number of benzene rings is 2. The molecule has 0 saturated carbocycles. The van der Waals surface area contributed by atoms with Crippen LogP contribution in [0.1, 0.15) is 63.0 Å². The first-order chi connectivity index (χ1) is 42.9. The topological polar surface area (TPSA) is 424 Å². The zero-order chi connectivity index (χ0) is 64.1. The van der Waals surface area contributed by atoms with Crippen LogP contribution in [0.4, 0.5) is 15.3 Å². The number of H-pyrrole nitrogens is 1. The van der Waals surface area contributed by atoms with Gasteiger partial charge >= 0.3 is 18.1 Å². The van der Waals surface area contributed by atoms with Gasteiger partial charge in [-0.3, -0.25) is 43.4 Å². The number of carbonyl (C=O) groups excluding carboxylic acids is 8. The van der Waals surface area contributed by atoms with E-state index < -0.39 is 72.2 Å². The predicted octanol–water partition coefficient (Wildman–Crippen LogP) is 1.90. The van der Waals surface area contributed by atoms with Gasteiger partial charge in [0.05, 0.1) is 101 Å². The highest BCUT2D eigenvalue weighted by Gasteiger charge is 2.32. The highest BCUT2D eigenvalue weighted by Crippen LogP contribution is 2.31. The molecule has 3 aromatic heterocycles.